The molecule has 136 valence electrons. The SMILES string of the molecule is CN=C(NCCCCSC)NCCN1CCN(C(C)=O)CC1.I. The number of thioether (sulfide) groups is 1. The van der Waals surface area contributed by atoms with E-state index < -0.39 is 0 Å². The van der Waals surface area contributed by atoms with Crippen LogP contribution in [0.5, 0.6) is 0 Å². The zero-order chi connectivity index (χ0) is 16.2. The van der Waals surface area contributed by atoms with Gasteiger partial charge in [-0.05, 0) is 24.9 Å². The fourth-order valence-electron chi connectivity index (χ4n) is 2.42. The number of unbranched alkanes of at least 4 members (excludes halogenated alkanes) is 1. The molecule has 1 amide bonds. The van der Waals surface area contributed by atoms with Gasteiger partial charge in [0, 0.05) is 59.8 Å². The van der Waals surface area contributed by atoms with Crippen LogP contribution in [0.3, 0.4) is 0 Å². The quantitative estimate of drug-likeness (QED) is 0.247. The molecule has 1 aliphatic heterocycles. The van der Waals surface area contributed by atoms with Crippen molar-refractivity contribution in [1.82, 2.24) is 20.4 Å². The average molecular weight is 457 g/mol. The Balaban J connectivity index is 0.00000484. The molecule has 0 aromatic carbocycles. The Labute approximate surface area is 162 Å². The van der Waals surface area contributed by atoms with E-state index in [2.05, 4.69) is 26.8 Å². The summed E-state index contributed by atoms with van der Waals surface area (Å²) in [6, 6.07) is 0. The molecule has 0 bridgehead atoms. The lowest BCUT2D eigenvalue weighted by atomic mass is 10.3. The number of carbonyl (C=O) groups is 1. The van der Waals surface area contributed by atoms with E-state index in [-0.39, 0.29) is 29.9 Å². The van der Waals surface area contributed by atoms with Gasteiger partial charge in [0.05, 0.1) is 0 Å². The molecule has 1 heterocycles. The Morgan fingerprint density at radius 3 is 2.35 bits per heavy atom. The van der Waals surface area contributed by atoms with Crippen molar-refractivity contribution in [2.24, 2.45) is 4.99 Å². The molecular formula is C15H32IN5OS. The lowest BCUT2D eigenvalue weighted by Crippen LogP contribution is -2.50. The molecule has 0 aliphatic carbocycles. The summed E-state index contributed by atoms with van der Waals surface area (Å²) in [6.07, 6.45) is 4.56. The molecule has 0 aromatic heterocycles. The van der Waals surface area contributed by atoms with Gasteiger partial charge in [0.25, 0.3) is 0 Å². The maximum atomic E-state index is 11.3. The number of piperazine rings is 1. The minimum atomic E-state index is 0. The van der Waals surface area contributed by atoms with E-state index in [1.165, 1.54) is 18.6 Å². The predicted octanol–water partition coefficient (Wildman–Crippen LogP) is 1.08. The number of nitrogens with zero attached hydrogens (tertiary/aromatic N) is 3. The van der Waals surface area contributed by atoms with Crippen molar-refractivity contribution in [2.75, 3.05) is 64.9 Å². The summed E-state index contributed by atoms with van der Waals surface area (Å²) in [6.45, 7) is 8.09. The summed E-state index contributed by atoms with van der Waals surface area (Å²) in [7, 11) is 1.81. The van der Waals surface area contributed by atoms with E-state index in [0.717, 1.165) is 51.8 Å². The van der Waals surface area contributed by atoms with E-state index >= 15 is 0 Å². The first kappa shape index (κ1) is 22.8. The monoisotopic (exact) mass is 457 g/mol. The van der Waals surface area contributed by atoms with Crippen molar-refractivity contribution in [1.29, 1.82) is 0 Å². The van der Waals surface area contributed by atoms with Gasteiger partial charge in [-0.2, -0.15) is 11.8 Å². The van der Waals surface area contributed by atoms with E-state index in [4.69, 9.17) is 0 Å². The van der Waals surface area contributed by atoms with Gasteiger partial charge in [-0.3, -0.25) is 14.7 Å². The number of aliphatic imine (C=N–C) groups is 1. The highest BCUT2D eigenvalue weighted by Crippen LogP contribution is 2.01. The third kappa shape index (κ3) is 10.3. The highest BCUT2D eigenvalue weighted by Gasteiger charge is 2.17. The van der Waals surface area contributed by atoms with Gasteiger partial charge < -0.3 is 15.5 Å². The lowest BCUT2D eigenvalue weighted by Gasteiger charge is -2.34. The van der Waals surface area contributed by atoms with Crippen molar-refractivity contribution >= 4 is 47.6 Å². The molecule has 23 heavy (non-hydrogen) atoms. The Bertz CT molecular complexity index is 349. The van der Waals surface area contributed by atoms with Crippen LogP contribution in [0.4, 0.5) is 0 Å². The first-order valence-electron chi connectivity index (χ1n) is 8.08. The van der Waals surface area contributed by atoms with E-state index in [1.54, 1.807) is 6.92 Å². The normalized spacial score (nSPS) is 16.0. The minimum absolute atomic E-state index is 0. The predicted molar refractivity (Wildman–Crippen MR) is 111 cm³/mol. The van der Waals surface area contributed by atoms with Crippen LogP contribution in [-0.4, -0.2) is 86.5 Å². The molecule has 0 radical (unpaired) electrons. The zero-order valence-corrected chi connectivity index (χ0v) is 17.8. The zero-order valence-electron chi connectivity index (χ0n) is 14.6. The fraction of sp³-hybridized carbons (Fsp3) is 0.867. The maximum absolute atomic E-state index is 11.3. The number of hydrogen-bond donors (Lipinski definition) is 2. The highest BCUT2D eigenvalue weighted by molar-refractivity contribution is 14.0. The summed E-state index contributed by atoms with van der Waals surface area (Å²) in [5, 5.41) is 6.70. The number of guanidine groups is 1. The van der Waals surface area contributed by atoms with Gasteiger partial charge in [-0.1, -0.05) is 0 Å². The Morgan fingerprint density at radius 2 is 1.78 bits per heavy atom. The second-order valence-corrected chi connectivity index (χ2v) is 6.46. The second-order valence-electron chi connectivity index (χ2n) is 5.47. The van der Waals surface area contributed by atoms with Gasteiger partial charge >= 0.3 is 0 Å². The number of nitrogens with one attached hydrogen (secondary N) is 2. The molecule has 1 saturated heterocycles. The average Bonchev–Trinajstić information content (AvgIpc) is 2.53. The fourth-order valence-corrected chi connectivity index (χ4v) is 2.91. The number of hydrogen-bond acceptors (Lipinski definition) is 4. The summed E-state index contributed by atoms with van der Waals surface area (Å²) >= 11 is 1.89. The van der Waals surface area contributed by atoms with E-state index in [1.807, 2.05) is 23.7 Å². The van der Waals surface area contributed by atoms with Crippen LogP contribution in [0, 0.1) is 0 Å². The second kappa shape index (κ2) is 14.2. The number of carbonyl (C=O) groups excluding carboxylic acids is 1. The highest BCUT2D eigenvalue weighted by atomic mass is 127. The third-order valence-corrected chi connectivity index (χ3v) is 4.53. The minimum Gasteiger partial charge on any atom is -0.356 e. The largest absolute Gasteiger partial charge is 0.356 e. The molecule has 0 unspecified atom stereocenters. The van der Waals surface area contributed by atoms with Gasteiger partial charge in [-0.25, -0.2) is 0 Å². The van der Waals surface area contributed by atoms with E-state index in [9.17, 15) is 4.79 Å². The van der Waals surface area contributed by atoms with Crippen molar-refractivity contribution < 1.29 is 4.79 Å². The summed E-state index contributed by atoms with van der Waals surface area (Å²) in [5.74, 6) is 2.29. The molecule has 0 spiro atoms. The van der Waals surface area contributed by atoms with Crippen LogP contribution in [0.15, 0.2) is 4.99 Å². The van der Waals surface area contributed by atoms with Crippen molar-refractivity contribution in [3.63, 3.8) is 0 Å². The third-order valence-electron chi connectivity index (χ3n) is 3.83. The van der Waals surface area contributed by atoms with Crippen LogP contribution in [0.1, 0.15) is 19.8 Å². The molecule has 1 fully saturated rings. The Kier molecular flexibility index (Phi) is 14.0. The van der Waals surface area contributed by atoms with Crippen molar-refractivity contribution in [3.8, 4) is 0 Å². The van der Waals surface area contributed by atoms with E-state index in [0.29, 0.717) is 0 Å². The molecule has 1 rings (SSSR count). The first-order valence-corrected chi connectivity index (χ1v) is 9.48. The first-order chi connectivity index (χ1) is 10.7. The van der Waals surface area contributed by atoms with Crippen LogP contribution in [-0.2, 0) is 4.79 Å². The van der Waals surface area contributed by atoms with Gasteiger partial charge in [0.2, 0.25) is 5.91 Å². The summed E-state index contributed by atoms with van der Waals surface area (Å²) in [5.41, 5.74) is 0. The van der Waals surface area contributed by atoms with Crippen LogP contribution >= 0.6 is 35.7 Å². The molecule has 0 atom stereocenters. The number of rotatable bonds is 8. The molecule has 0 saturated carbocycles. The summed E-state index contributed by atoms with van der Waals surface area (Å²) < 4.78 is 0. The van der Waals surface area contributed by atoms with Crippen LogP contribution in [0.2, 0.25) is 0 Å². The van der Waals surface area contributed by atoms with Gasteiger partial charge in [0.15, 0.2) is 5.96 Å². The summed E-state index contributed by atoms with van der Waals surface area (Å²) in [4.78, 5) is 19.8. The van der Waals surface area contributed by atoms with Crippen LogP contribution in [0.25, 0.3) is 0 Å². The number of amides is 1. The van der Waals surface area contributed by atoms with Crippen molar-refractivity contribution in [2.45, 2.75) is 19.8 Å². The molecular weight excluding hydrogens is 425 g/mol. The molecule has 2 N–H and O–H groups in total. The molecule has 8 heteroatoms. The van der Waals surface area contributed by atoms with Gasteiger partial charge in [0.1, 0.15) is 0 Å². The topological polar surface area (TPSA) is 60.0 Å². The Morgan fingerprint density at radius 1 is 1.13 bits per heavy atom. The smallest absolute Gasteiger partial charge is 0.219 e. The lowest BCUT2D eigenvalue weighted by molar-refractivity contribution is -0.130. The standard InChI is InChI=1S/C15H31N5OS.HI/c1-14(21)20-11-9-19(10-12-20)8-7-18-15(16-2)17-6-4-5-13-22-3;/h4-13H2,1-3H3,(H2,16,17,18);1H. The molecule has 1 aliphatic rings. The van der Waals surface area contributed by atoms with Crippen molar-refractivity contribution in [3.05, 3.63) is 0 Å². The molecule has 6 nitrogen and oxygen atoms in total. The maximum Gasteiger partial charge on any atom is 0.219 e. The van der Waals surface area contributed by atoms with Crippen LogP contribution < -0.4 is 10.6 Å². The molecule has 0 aromatic rings. The number of halogens is 1. The Hall–Kier alpha value is -0.220. The van der Waals surface area contributed by atoms with Gasteiger partial charge in [-0.15, -0.1) is 24.0 Å².